The first kappa shape index (κ1) is 18.9. The molecule has 0 saturated carbocycles. The second-order valence-electron chi connectivity index (χ2n) is 6.48. The molecule has 9 nitrogen and oxygen atoms in total. The van der Waals surface area contributed by atoms with Gasteiger partial charge in [-0.3, -0.25) is 20.2 Å². The van der Waals surface area contributed by atoms with Gasteiger partial charge in [0.05, 0.1) is 28.2 Å². The van der Waals surface area contributed by atoms with E-state index >= 15 is 0 Å². The number of azo groups is 1. The Balaban J connectivity index is 1.72. The summed E-state index contributed by atoms with van der Waals surface area (Å²) in [5.41, 5.74) is 2.87. The molecule has 1 heterocycles. The van der Waals surface area contributed by atoms with Gasteiger partial charge in [0, 0.05) is 22.5 Å². The van der Waals surface area contributed by atoms with Gasteiger partial charge in [-0.2, -0.15) is 5.11 Å². The van der Waals surface area contributed by atoms with E-state index in [2.05, 4.69) is 15.2 Å². The molecule has 3 aromatic carbocycles. The minimum absolute atomic E-state index is 0.0355. The van der Waals surface area contributed by atoms with E-state index in [0.29, 0.717) is 0 Å². The van der Waals surface area contributed by atoms with Gasteiger partial charge in [-0.25, -0.2) is 0 Å². The highest BCUT2D eigenvalue weighted by atomic mass is 16.6. The molecule has 0 aliphatic rings. The maximum atomic E-state index is 11.3. The van der Waals surface area contributed by atoms with Crippen molar-refractivity contribution in [1.82, 2.24) is 4.98 Å². The minimum atomic E-state index is -0.706. The molecular formula is C21H15N5O4. The number of non-ortho nitro benzene ring substituents is 1. The molecule has 4 aromatic rings. The van der Waals surface area contributed by atoms with Gasteiger partial charge in [0.1, 0.15) is 0 Å². The Morgan fingerprint density at radius 1 is 0.867 bits per heavy atom. The highest BCUT2D eigenvalue weighted by molar-refractivity contribution is 5.90. The van der Waals surface area contributed by atoms with Crippen LogP contribution in [0.5, 0.6) is 0 Å². The SMILES string of the molecule is O=[N+]([O-])c1ccc(N=NCc2c(-c3ccccc3)[nH]c3ccccc23)c([N+](=O)[O-])c1. The van der Waals surface area contributed by atoms with Crippen molar-refractivity contribution in [2.24, 2.45) is 10.2 Å². The quantitative estimate of drug-likeness (QED) is 0.244. The summed E-state index contributed by atoms with van der Waals surface area (Å²) in [6, 6.07) is 20.8. The van der Waals surface area contributed by atoms with Crippen molar-refractivity contribution in [2.45, 2.75) is 6.54 Å². The first-order chi connectivity index (χ1) is 14.5. The van der Waals surface area contributed by atoms with E-state index in [-0.39, 0.29) is 17.9 Å². The number of nitrogens with zero attached hydrogens (tertiary/aromatic N) is 4. The van der Waals surface area contributed by atoms with Crippen LogP contribution in [0.15, 0.2) is 83.0 Å². The normalized spacial score (nSPS) is 11.2. The van der Waals surface area contributed by atoms with Crippen molar-refractivity contribution >= 4 is 28.0 Å². The predicted molar refractivity (Wildman–Crippen MR) is 112 cm³/mol. The topological polar surface area (TPSA) is 127 Å². The molecule has 1 N–H and O–H groups in total. The molecule has 0 spiro atoms. The number of aromatic amines is 1. The standard InChI is InChI=1S/C21H15N5O4/c27-25(28)15-10-11-19(20(12-15)26(29)30)24-22-13-17-16-8-4-5-9-18(16)23-21(17)14-6-2-1-3-7-14/h1-12,23H,13H2. The van der Waals surface area contributed by atoms with Gasteiger partial charge in [-0.15, -0.1) is 5.11 Å². The van der Waals surface area contributed by atoms with Gasteiger partial charge in [0.2, 0.25) is 0 Å². The van der Waals surface area contributed by atoms with E-state index in [4.69, 9.17) is 0 Å². The fourth-order valence-electron chi connectivity index (χ4n) is 3.25. The zero-order valence-corrected chi connectivity index (χ0v) is 15.6. The Morgan fingerprint density at radius 3 is 2.33 bits per heavy atom. The first-order valence-corrected chi connectivity index (χ1v) is 9.00. The summed E-state index contributed by atoms with van der Waals surface area (Å²) >= 11 is 0. The van der Waals surface area contributed by atoms with Crippen LogP contribution in [0.4, 0.5) is 17.1 Å². The van der Waals surface area contributed by atoms with E-state index in [1.807, 2.05) is 54.6 Å². The van der Waals surface area contributed by atoms with Crippen molar-refractivity contribution in [1.29, 1.82) is 0 Å². The van der Waals surface area contributed by atoms with E-state index in [1.165, 1.54) is 12.1 Å². The lowest BCUT2D eigenvalue weighted by atomic mass is 10.1. The molecule has 0 atom stereocenters. The fourth-order valence-corrected chi connectivity index (χ4v) is 3.25. The monoisotopic (exact) mass is 401 g/mol. The molecule has 0 saturated heterocycles. The van der Waals surface area contributed by atoms with Crippen molar-refractivity contribution < 1.29 is 9.85 Å². The molecule has 0 bridgehead atoms. The maximum Gasteiger partial charge on any atom is 0.303 e. The zero-order valence-electron chi connectivity index (χ0n) is 15.6. The molecular weight excluding hydrogens is 386 g/mol. The molecule has 0 amide bonds. The third-order valence-corrected chi connectivity index (χ3v) is 4.65. The lowest BCUT2D eigenvalue weighted by molar-refractivity contribution is -0.393. The Labute approximate surface area is 170 Å². The summed E-state index contributed by atoms with van der Waals surface area (Å²) in [4.78, 5) is 24.2. The van der Waals surface area contributed by atoms with Crippen molar-refractivity contribution in [3.8, 4) is 11.3 Å². The Hall–Kier alpha value is -4.40. The predicted octanol–water partition coefficient (Wildman–Crippen LogP) is 5.94. The van der Waals surface area contributed by atoms with E-state index in [9.17, 15) is 20.2 Å². The number of benzene rings is 3. The average Bonchev–Trinajstić information content (AvgIpc) is 3.13. The van der Waals surface area contributed by atoms with E-state index < -0.39 is 15.5 Å². The number of nitro groups is 2. The third kappa shape index (κ3) is 3.63. The first-order valence-electron chi connectivity index (χ1n) is 9.00. The number of rotatable bonds is 6. The van der Waals surface area contributed by atoms with Gasteiger partial charge in [0.15, 0.2) is 5.69 Å². The fraction of sp³-hybridized carbons (Fsp3) is 0.0476. The van der Waals surface area contributed by atoms with Crippen LogP contribution < -0.4 is 0 Å². The Kier molecular flexibility index (Phi) is 5.00. The van der Waals surface area contributed by atoms with Crippen LogP contribution in [0.25, 0.3) is 22.2 Å². The van der Waals surface area contributed by atoms with Crippen LogP contribution in [0.3, 0.4) is 0 Å². The van der Waals surface area contributed by atoms with Crippen LogP contribution in [0.2, 0.25) is 0 Å². The number of H-pyrrole nitrogens is 1. The molecule has 4 rings (SSSR count). The molecule has 0 aliphatic heterocycles. The summed E-state index contributed by atoms with van der Waals surface area (Å²) in [7, 11) is 0. The number of hydrogen-bond donors (Lipinski definition) is 1. The molecule has 1 aromatic heterocycles. The van der Waals surface area contributed by atoms with Gasteiger partial charge < -0.3 is 4.98 Å². The molecule has 9 heteroatoms. The second-order valence-corrected chi connectivity index (χ2v) is 6.48. The number of hydrogen-bond acceptors (Lipinski definition) is 6. The zero-order chi connectivity index (χ0) is 21.1. The minimum Gasteiger partial charge on any atom is -0.354 e. The third-order valence-electron chi connectivity index (χ3n) is 4.65. The Bertz CT molecular complexity index is 1280. The highest BCUT2D eigenvalue weighted by Crippen LogP contribution is 2.33. The van der Waals surface area contributed by atoms with Crippen LogP contribution in [0.1, 0.15) is 5.56 Å². The summed E-state index contributed by atoms with van der Waals surface area (Å²) in [5, 5.41) is 31.3. The lowest BCUT2D eigenvalue weighted by Gasteiger charge is -2.02. The largest absolute Gasteiger partial charge is 0.354 e. The molecule has 0 aliphatic carbocycles. The Morgan fingerprint density at radius 2 is 1.60 bits per heavy atom. The average molecular weight is 401 g/mol. The molecule has 148 valence electrons. The van der Waals surface area contributed by atoms with Crippen LogP contribution in [-0.2, 0) is 6.54 Å². The van der Waals surface area contributed by atoms with Crippen LogP contribution in [-0.4, -0.2) is 14.8 Å². The number of fused-ring (bicyclic) bond motifs is 1. The van der Waals surface area contributed by atoms with Gasteiger partial charge >= 0.3 is 5.69 Å². The van der Waals surface area contributed by atoms with Crippen LogP contribution >= 0.6 is 0 Å². The van der Waals surface area contributed by atoms with E-state index in [1.54, 1.807) is 0 Å². The second kappa shape index (κ2) is 7.92. The summed E-state index contributed by atoms with van der Waals surface area (Å²) in [6.45, 7) is 0.183. The number of nitrogens with one attached hydrogen (secondary N) is 1. The smallest absolute Gasteiger partial charge is 0.303 e. The highest BCUT2D eigenvalue weighted by Gasteiger charge is 2.19. The number of nitro benzene ring substituents is 2. The lowest BCUT2D eigenvalue weighted by Crippen LogP contribution is -1.92. The van der Waals surface area contributed by atoms with Gasteiger partial charge in [-0.05, 0) is 17.7 Å². The van der Waals surface area contributed by atoms with Crippen molar-refractivity contribution in [3.05, 3.63) is 98.6 Å². The molecule has 30 heavy (non-hydrogen) atoms. The number of para-hydroxylation sites is 1. The summed E-state index contributed by atoms with van der Waals surface area (Å²) in [5.74, 6) is 0. The van der Waals surface area contributed by atoms with Crippen molar-refractivity contribution in [2.75, 3.05) is 0 Å². The number of aromatic nitrogens is 1. The molecule has 0 fully saturated rings. The van der Waals surface area contributed by atoms with Gasteiger partial charge in [-0.1, -0.05) is 48.5 Å². The molecule has 0 unspecified atom stereocenters. The van der Waals surface area contributed by atoms with Crippen LogP contribution in [0, 0.1) is 20.2 Å². The summed E-state index contributed by atoms with van der Waals surface area (Å²) < 4.78 is 0. The van der Waals surface area contributed by atoms with E-state index in [0.717, 1.165) is 33.8 Å². The van der Waals surface area contributed by atoms with Crippen molar-refractivity contribution in [3.63, 3.8) is 0 Å². The molecule has 0 radical (unpaired) electrons. The maximum absolute atomic E-state index is 11.3. The summed E-state index contributed by atoms with van der Waals surface area (Å²) in [6.07, 6.45) is 0. The van der Waals surface area contributed by atoms with Gasteiger partial charge in [0.25, 0.3) is 5.69 Å².